The van der Waals surface area contributed by atoms with Gasteiger partial charge in [0.1, 0.15) is 5.82 Å². The Morgan fingerprint density at radius 2 is 1.69 bits per heavy atom. The zero-order chi connectivity index (χ0) is 25.6. The molecule has 0 saturated carbocycles. The molecule has 1 N–H and O–H groups in total. The third kappa shape index (κ3) is 4.13. The number of pyridine rings is 1. The van der Waals surface area contributed by atoms with Crippen LogP contribution < -0.4 is 10.2 Å². The maximum absolute atomic E-state index is 15.0. The van der Waals surface area contributed by atoms with E-state index in [0.717, 1.165) is 29.1 Å². The van der Waals surface area contributed by atoms with Gasteiger partial charge in [-0.3, -0.25) is 4.98 Å². The molecule has 2 aromatic carbocycles. The highest BCUT2D eigenvalue weighted by atomic mass is 32.1. The van der Waals surface area contributed by atoms with Crippen LogP contribution in [-0.4, -0.2) is 14.7 Å². The van der Waals surface area contributed by atoms with Crippen LogP contribution in [0.2, 0.25) is 0 Å². The molecule has 1 fully saturated rings. The summed E-state index contributed by atoms with van der Waals surface area (Å²) in [4.78, 5) is 6.23. The molecule has 36 heavy (non-hydrogen) atoms. The Morgan fingerprint density at radius 1 is 0.944 bits per heavy atom. The van der Waals surface area contributed by atoms with E-state index in [1.807, 2.05) is 32.0 Å². The fraction of sp³-hybridized carbons (Fsp3) is 0.185. The van der Waals surface area contributed by atoms with E-state index in [2.05, 4.69) is 10.3 Å². The molecular formula is C27H22F4N4S. The number of hydrogen-bond donors (Lipinski definition) is 1. The van der Waals surface area contributed by atoms with Gasteiger partial charge in [0.25, 0.3) is 0 Å². The van der Waals surface area contributed by atoms with E-state index >= 15 is 0 Å². The quantitative estimate of drug-likeness (QED) is 0.241. The second kappa shape index (κ2) is 9.05. The standard InChI is InChI=1S/C27H22F4N4S/c1-16-14-20(17(2)34(16)19-9-7-8-18(15-19)27(29,30)31)25-24(22-11-5-6-13-32-22)33-26(36)35(25)23-12-4-3-10-21(23)28/h3-15,24-25H,1-2H3,(H,33,36)/t24-,25+/m0/s1. The van der Waals surface area contributed by atoms with E-state index < -0.39 is 29.6 Å². The van der Waals surface area contributed by atoms with Gasteiger partial charge in [0.2, 0.25) is 0 Å². The maximum atomic E-state index is 15.0. The van der Waals surface area contributed by atoms with Crippen LogP contribution in [0.5, 0.6) is 0 Å². The monoisotopic (exact) mass is 510 g/mol. The van der Waals surface area contributed by atoms with Crippen LogP contribution in [0.1, 0.15) is 40.3 Å². The molecule has 0 amide bonds. The number of aromatic nitrogens is 2. The first kappa shape index (κ1) is 24.0. The van der Waals surface area contributed by atoms with E-state index in [-0.39, 0.29) is 0 Å². The van der Waals surface area contributed by atoms with Crippen molar-refractivity contribution in [3.63, 3.8) is 0 Å². The first-order valence-corrected chi connectivity index (χ1v) is 11.7. The topological polar surface area (TPSA) is 33.1 Å². The van der Waals surface area contributed by atoms with Gasteiger partial charge in [-0.25, -0.2) is 4.39 Å². The van der Waals surface area contributed by atoms with Gasteiger partial charge in [0, 0.05) is 23.3 Å². The van der Waals surface area contributed by atoms with Gasteiger partial charge in [0.15, 0.2) is 5.11 Å². The molecule has 1 aliphatic rings. The Bertz CT molecular complexity index is 1430. The van der Waals surface area contributed by atoms with Crippen LogP contribution in [0.4, 0.5) is 23.2 Å². The minimum absolute atomic E-state index is 0.308. The molecule has 9 heteroatoms. The molecule has 2 atom stereocenters. The molecule has 0 bridgehead atoms. The number of hydrogen-bond acceptors (Lipinski definition) is 2. The largest absolute Gasteiger partial charge is 0.416 e. The van der Waals surface area contributed by atoms with E-state index in [0.29, 0.717) is 22.2 Å². The van der Waals surface area contributed by atoms with Crippen molar-refractivity contribution < 1.29 is 17.6 Å². The molecule has 4 aromatic rings. The summed E-state index contributed by atoms with van der Waals surface area (Å²) in [5.74, 6) is -0.431. The highest BCUT2D eigenvalue weighted by molar-refractivity contribution is 7.80. The molecule has 0 aliphatic carbocycles. The highest BCUT2D eigenvalue weighted by Gasteiger charge is 2.43. The van der Waals surface area contributed by atoms with Crippen LogP contribution >= 0.6 is 12.2 Å². The number of benzene rings is 2. The van der Waals surface area contributed by atoms with E-state index in [1.54, 1.807) is 46.0 Å². The maximum Gasteiger partial charge on any atom is 0.416 e. The number of thiocarbonyl (C=S) groups is 1. The summed E-state index contributed by atoms with van der Waals surface area (Å²) in [7, 11) is 0. The highest BCUT2D eigenvalue weighted by Crippen LogP contribution is 2.44. The number of aryl methyl sites for hydroxylation is 1. The van der Waals surface area contributed by atoms with Crippen LogP contribution in [0, 0.1) is 19.7 Å². The number of nitrogens with zero attached hydrogens (tertiary/aromatic N) is 3. The number of halogens is 4. The minimum atomic E-state index is -4.46. The number of alkyl halides is 3. The van der Waals surface area contributed by atoms with Crippen molar-refractivity contribution in [1.29, 1.82) is 0 Å². The fourth-order valence-corrected chi connectivity index (χ4v) is 5.22. The van der Waals surface area contributed by atoms with Crippen LogP contribution in [0.3, 0.4) is 0 Å². The summed E-state index contributed by atoms with van der Waals surface area (Å²) in [5.41, 5.74) is 2.97. The molecule has 0 radical (unpaired) electrons. The Balaban J connectivity index is 1.69. The second-order valence-corrected chi connectivity index (χ2v) is 9.04. The first-order chi connectivity index (χ1) is 17.2. The molecular weight excluding hydrogens is 488 g/mol. The molecule has 0 spiro atoms. The van der Waals surface area contributed by atoms with E-state index in [1.165, 1.54) is 12.1 Å². The molecule has 1 saturated heterocycles. The van der Waals surface area contributed by atoms with Gasteiger partial charge < -0.3 is 14.8 Å². The fourth-order valence-electron chi connectivity index (χ4n) is 4.88. The van der Waals surface area contributed by atoms with E-state index in [9.17, 15) is 17.6 Å². The zero-order valence-corrected chi connectivity index (χ0v) is 20.2. The van der Waals surface area contributed by atoms with Crippen LogP contribution in [0.25, 0.3) is 5.69 Å². The normalized spacial score (nSPS) is 17.9. The van der Waals surface area contributed by atoms with Crippen LogP contribution in [0.15, 0.2) is 79.0 Å². The number of para-hydroxylation sites is 1. The van der Waals surface area contributed by atoms with Crippen molar-refractivity contribution in [2.24, 2.45) is 0 Å². The lowest BCUT2D eigenvalue weighted by molar-refractivity contribution is -0.137. The summed E-state index contributed by atoms with van der Waals surface area (Å²) in [5, 5.41) is 3.63. The summed E-state index contributed by atoms with van der Waals surface area (Å²) in [6, 6.07) is 18.1. The lowest BCUT2D eigenvalue weighted by atomic mass is 9.96. The van der Waals surface area contributed by atoms with Gasteiger partial charge in [-0.1, -0.05) is 24.3 Å². The smallest absolute Gasteiger partial charge is 0.351 e. The number of nitrogens with one attached hydrogen (secondary N) is 1. The molecule has 3 heterocycles. The van der Waals surface area contributed by atoms with Gasteiger partial charge in [-0.05, 0) is 80.2 Å². The average molecular weight is 511 g/mol. The summed E-state index contributed by atoms with van der Waals surface area (Å²) < 4.78 is 57.0. The number of anilines is 1. The number of rotatable bonds is 4. The van der Waals surface area contributed by atoms with Gasteiger partial charge in [0.05, 0.1) is 29.0 Å². The first-order valence-electron chi connectivity index (χ1n) is 11.3. The van der Waals surface area contributed by atoms with Crippen molar-refractivity contribution in [2.45, 2.75) is 32.1 Å². The second-order valence-electron chi connectivity index (χ2n) is 8.66. The lowest BCUT2D eigenvalue weighted by Crippen LogP contribution is -2.30. The van der Waals surface area contributed by atoms with Gasteiger partial charge in [-0.15, -0.1) is 0 Å². The molecule has 1 aliphatic heterocycles. The average Bonchev–Trinajstić information content (AvgIpc) is 3.34. The predicted octanol–water partition coefficient (Wildman–Crippen LogP) is 6.82. The van der Waals surface area contributed by atoms with Crippen molar-refractivity contribution in [3.05, 3.63) is 113 Å². The molecule has 5 rings (SSSR count). The zero-order valence-electron chi connectivity index (χ0n) is 19.4. The molecule has 2 aromatic heterocycles. The molecule has 4 nitrogen and oxygen atoms in total. The minimum Gasteiger partial charge on any atom is -0.351 e. The third-order valence-corrected chi connectivity index (χ3v) is 6.75. The van der Waals surface area contributed by atoms with Gasteiger partial charge >= 0.3 is 6.18 Å². The van der Waals surface area contributed by atoms with Crippen LogP contribution in [-0.2, 0) is 6.18 Å². The van der Waals surface area contributed by atoms with E-state index in [4.69, 9.17) is 12.2 Å². The third-order valence-electron chi connectivity index (χ3n) is 6.43. The Hall–Kier alpha value is -3.72. The van der Waals surface area contributed by atoms with Crippen molar-refractivity contribution in [3.8, 4) is 5.69 Å². The Labute approximate surface area is 211 Å². The summed E-state index contributed by atoms with van der Waals surface area (Å²) in [6.07, 6.45) is -2.78. The lowest BCUT2D eigenvalue weighted by Gasteiger charge is -2.28. The Morgan fingerprint density at radius 3 is 2.39 bits per heavy atom. The predicted molar refractivity (Wildman–Crippen MR) is 135 cm³/mol. The summed E-state index contributed by atoms with van der Waals surface area (Å²) in [6.45, 7) is 3.68. The van der Waals surface area contributed by atoms with Crippen molar-refractivity contribution in [2.75, 3.05) is 4.90 Å². The van der Waals surface area contributed by atoms with Gasteiger partial charge in [-0.2, -0.15) is 13.2 Å². The Kier molecular flexibility index (Phi) is 6.04. The molecule has 0 unspecified atom stereocenters. The van der Waals surface area contributed by atoms with Crippen molar-refractivity contribution in [1.82, 2.24) is 14.9 Å². The van der Waals surface area contributed by atoms with Crippen molar-refractivity contribution >= 4 is 23.0 Å². The SMILES string of the molecule is Cc1cc([C@@H]2[C@H](c3ccccn3)NC(=S)N2c2ccccc2F)c(C)n1-c1cccc(C(F)(F)F)c1. The summed E-state index contributed by atoms with van der Waals surface area (Å²) >= 11 is 5.66. The molecule has 184 valence electrons.